The molecule has 0 rings (SSSR count). The zero-order valence-electron chi connectivity index (χ0n) is 21.3. The molecule has 0 unspecified atom stereocenters. The number of carbonyl (C=O) groups excluding carboxylic acids is 2. The summed E-state index contributed by atoms with van der Waals surface area (Å²) in [5.74, 6) is 0. The van der Waals surface area contributed by atoms with E-state index < -0.39 is 23.4 Å². The van der Waals surface area contributed by atoms with Crippen LogP contribution >= 0.6 is 0 Å². The van der Waals surface area contributed by atoms with E-state index in [9.17, 15) is 9.59 Å². The summed E-state index contributed by atoms with van der Waals surface area (Å²) in [6.45, 7) is 17.4. The summed E-state index contributed by atoms with van der Waals surface area (Å²) in [4.78, 5) is 22.1. The number of carbonyl (C=O) groups is 2. The molecule has 0 radical (unpaired) electrons. The summed E-state index contributed by atoms with van der Waals surface area (Å²) in [6, 6.07) is -0.116. The fraction of sp³-hybridized carbons (Fsp3) is 0.905. The third kappa shape index (κ3) is 33.2. The molecule has 0 aliphatic rings. The number of aliphatic hydroxyl groups is 1. The van der Waals surface area contributed by atoms with E-state index in [1.165, 1.54) is 0 Å². The molecule has 0 aliphatic heterocycles. The fourth-order valence-corrected chi connectivity index (χ4v) is 1.62. The zero-order chi connectivity index (χ0) is 25.3. The lowest BCUT2D eigenvalue weighted by Crippen LogP contribution is -2.39. The number of hydrogen-bond acceptors (Lipinski definition) is 8. The highest BCUT2D eigenvalue weighted by Gasteiger charge is 2.18. The van der Waals surface area contributed by atoms with Crippen LogP contribution in [0.3, 0.4) is 0 Å². The highest BCUT2D eigenvalue weighted by molar-refractivity contribution is 5.68. The van der Waals surface area contributed by atoms with Crippen molar-refractivity contribution in [2.75, 3.05) is 34.0 Å². The lowest BCUT2D eigenvalue weighted by Gasteiger charge is -2.21. The van der Waals surface area contributed by atoms with E-state index in [2.05, 4.69) is 15.4 Å². The molecule has 10 nitrogen and oxygen atoms in total. The van der Waals surface area contributed by atoms with Crippen molar-refractivity contribution in [3.63, 3.8) is 0 Å². The monoisotopic (exact) mass is 453 g/mol. The van der Waals surface area contributed by atoms with Crippen LogP contribution in [0.1, 0.15) is 62.3 Å². The minimum Gasteiger partial charge on any atom is -0.444 e. The molecule has 0 bridgehead atoms. The Morgan fingerprint density at radius 3 is 1.39 bits per heavy atom. The zero-order valence-corrected chi connectivity index (χ0v) is 21.3. The molecular formula is C21H47N3O7. The highest BCUT2D eigenvalue weighted by Crippen LogP contribution is 2.07. The second-order valence-corrected chi connectivity index (χ2v) is 9.17. The summed E-state index contributed by atoms with van der Waals surface area (Å²) >= 11 is 0. The maximum atomic E-state index is 11.2. The molecule has 0 saturated heterocycles. The predicted molar refractivity (Wildman–Crippen MR) is 122 cm³/mol. The lowest BCUT2D eigenvalue weighted by molar-refractivity contribution is 0.0471. The maximum absolute atomic E-state index is 11.2. The van der Waals surface area contributed by atoms with Crippen molar-refractivity contribution >= 4 is 12.2 Å². The molecule has 0 aromatic carbocycles. The number of methoxy groups -OCH3 is 2. The van der Waals surface area contributed by atoms with Crippen molar-refractivity contribution in [1.82, 2.24) is 10.6 Å². The minimum absolute atomic E-state index is 0.0279. The second kappa shape index (κ2) is 18.0. The standard InChI is InChI=1S/C9H19NO3.C8H17NO3.C4H11NO/c1-7(6-12-5)10-8(11)13-9(2,3)4;1-6(5-10)9-7(11)12-8(2,3)4;1-4(5)3-6-2/h7H,6H2,1-5H3,(H,10,11);6,10H,5H2,1-4H3,(H,9,11);4H,3,5H2,1-2H3/t7-;6-;4-/m111/s1. The van der Waals surface area contributed by atoms with Gasteiger partial charge in [0.15, 0.2) is 0 Å². The van der Waals surface area contributed by atoms with Gasteiger partial charge in [0.05, 0.1) is 31.9 Å². The van der Waals surface area contributed by atoms with E-state index in [0.717, 1.165) is 0 Å². The first-order chi connectivity index (χ1) is 14.0. The van der Waals surface area contributed by atoms with Crippen LogP contribution in [-0.2, 0) is 18.9 Å². The van der Waals surface area contributed by atoms with Crippen molar-refractivity contribution in [1.29, 1.82) is 0 Å². The van der Waals surface area contributed by atoms with Crippen molar-refractivity contribution in [3.8, 4) is 0 Å². The average molecular weight is 454 g/mol. The van der Waals surface area contributed by atoms with Gasteiger partial charge in [0.2, 0.25) is 0 Å². The van der Waals surface area contributed by atoms with Gasteiger partial charge in [-0.05, 0) is 62.3 Å². The molecule has 0 aromatic heterocycles. The van der Waals surface area contributed by atoms with Gasteiger partial charge < -0.3 is 40.4 Å². The third-order valence-electron chi connectivity index (χ3n) is 2.65. The van der Waals surface area contributed by atoms with Crippen LogP contribution in [-0.4, -0.2) is 80.7 Å². The normalized spacial score (nSPS) is 13.8. The van der Waals surface area contributed by atoms with Crippen molar-refractivity contribution in [2.24, 2.45) is 5.73 Å². The summed E-state index contributed by atoms with van der Waals surface area (Å²) in [7, 11) is 3.23. The molecular weight excluding hydrogens is 406 g/mol. The van der Waals surface area contributed by atoms with Gasteiger partial charge in [0.1, 0.15) is 11.2 Å². The number of alkyl carbamates (subject to hydrolysis) is 2. The smallest absolute Gasteiger partial charge is 0.407 e. The number of rotatable bonds is 7. The molecule has 0 heterocycles. The lowest BCUT2D eigenvalue weighted by atomic mass is 10.2. The number of ether oxygens (including phenoxy) is 4. The third-order valence-corrected chi connectivity index (χ3v) is 2.65. The summed E-state index contributed by atoms with van der Waals surface area (Å²) in [5.41, 5.74) is 4.34. The van der Waals surface area contributed by atoms with Crippen molar-refractivity contribution in [3.05, 3.63) is 0 Å². The first-order valence-corrected chi connectivity index (χ1v) is 10.3. The first-order valence-electron chi connectivity index (χ1n) is 10.3. The van der Waals surface area contributed by atoms with Gasteiger partial charge in [0, 0.05) is 20.3 Å². The Kier molecular flexibility index (Phi) is 19.7. The van der Waals surface area contributed by atoms with Crippen LogP contribution in [0.15, 0.2) is 0 Å². The molecule has 0 saturated carbocycles. The van der Waals surface area contributed by atoms with Crippen LogP contribution in [0, 0.1) is 0 Å². The van der Waals surface area contributed by atoms with Gasteiger partial charge in [0.25, 0.3) is 0 Å². The molecule has 10 heteroatoms. The molecule has 0 fully saturated rings. The number of aliphatic hydroxyl groups excluding tert-OH is 1. The van der Waals surface area contributed by atoms with Crippen molar-refractivity contribution in [2.45, 2.75) is 91.6 Å². The van der Waals surface area contributed by atoms with Crippen LogP contribution in [0.2, 0.25) is 0 Å². The van der Waals surface area contributed by atoms with E-state index in [0.29, 0.717) is 13.2 Å². The SMILES string of the molecule is COC[C@@H](C)N.COC[C@@H](C)NC(=O)OC(C)(C)C.C[C@H](CO)NC(=O)OC(C)(C)C. The van der Waals surface area contributed by atoms with Crippen molar-refractivity contribution < 1.29 is 33.6 Å². The van der Waals surface area contributed by atoms with Crippen LogP contribution in [0.25, 0.3) is 0 Å². The van der Waals surface area contributed by atoms with Crippen LogP contribution in [0.4, 0.5) is 9.59 Å². The Labute approximate surface area is 188 Å². The van der Waals surface area contributed by atoms with Gasteiger partial charge in [-0.15, -0.1) is 0 Å². The molecule has 0 spiro atoms. The molecule has 2 amide bonds. The molecule has 0 aliphatic carbocycles. The molecule has 188 valence electrons. The Hall–Kier alpha value is -1.62. The number of nitrogens with one attached hydrogen (secondary N) is 2. The van der Waals surface area contributed by atoms with Crippen LogP contribution in [0.5, 0.6) is 0 Å². The first kappa shape index (κ1) is 34.0. The Morgan fingerprint density at radius 2 is 1.16 bits per heavy atom. The highest BCUT2D eigenvalue weighted by atomic mass is 16.6. The largest absolute Gasteiger partial charge is 0.444 e. The van der Waals surface area contributed by atoms with Gasteiger partial charge in [-0.1, -0.05) is 0 Å². The van der Waals surface area contributed by atoms with E-state index >= 15 is 0 Å². The predicted octanol–water partition coefficient (Wildman–Crippen LogP) is 2.42. The Morgan fingerprint density at radius 1 is 0.806 bits per heavy atom. The Bertz CT molecular complexity index is 461. The maximum Gasteiger partial charge on any atom is 0.407 e. The van der Waals surface area contributed by atoms with Crippen LogP contribution < -0.4 is 16.4 Å². The summed E-state index contributed by atoms with van der Waals surface area (Å²) in [5, 5.41) is 13.7. The number of nitrogens with two attached hydrogens (primary N) is 1. The minimum atomic E-state index is -0.496. The molecule has 31 heavy (non-hydrogen) atoms. The Balaban J connectivity index is -0.000000405. The summed E-state index contributed by atoms with van der Waals surface area (Å²) < 4.78 is 19.5. The number of amides is 2. The fourth-order valence-electron chi connectivity index (χ4n) is 1.62. The van der Waals surface area contributed by atoms with Gasteiger partial charge in [-0.2, -0.15) is 0 Å². The quantitative estimate of drug-likeness (QED) is 0.460. The number of hydrogen-bond donors (Lipinski definition) is 4. The van der Waals surface area contributed by atoms with Gasteiger partial charge >= 0.3 is 12.2 Å². The topological polar surface area (TPSA) is 141 Å². The molecule has 5 N–H and O–H groups in total. The van der Waals surface area contributed by atoms with Gasteiger partial charge in [-0.3, -0.25) is 0 Å². The van der Waals surface area contributed by atoms with E-state index in [1.807, 2.05) is 34.6 Å². The van der Waals surface area contributed by atoms with E-state index in [1.54, 1.807) is 41.9 Å². The summed E-state index contributed by atoms with van der Waals surface area (Å²) in [6.07, 6.45) is -0.902. The van der Waals surface area contributed by atoms with E-state index in [-0.39, 0.29) is 24.7 Å². The molecule has 0 aromatic rings. The average Bonchev–Trinajstić information content (AvgIpc) is 2.52. The second-order valence-electron chi connectivity index (χ2n) is 9.17. The van der Waals surface area contributed by atoms with E-state index in [4.69, 9.17) is 25.1 Å². The molecule has 3 atom stereocenters. The van der Waals surface area contributed by atoms with Gasteiger partial charge in [-0.25, -0.2) is 9.59 Å².